The van der Waals surface area contributed by atoms with Gasteiger partial charge in [-0.15, -0.1) is 0 Å². The smallest absolute Gasteiger partial charge is 0.254 e. The molecule has 0 aromatic heterocycles. The van der Waals surface area contributed by atoms with Gasteiger partial charge in [-0.3, -0.25) is 9.59 Å². The van der Waals surface area contributed by atoms with Crippen molar-refractivity contribution in [2.24, 2.45) is 0 Å². The van der Waals surface area contributed by atoms with E-state index in [-0.39, 0.29) is 31.0 Å². The average Bonchev–Trinajstić information content (AvgIpc) is 2.74. The maximum Gasteiger partial charge on any atom is 0.254 e. The lowest BCUT2D eigenvalue weighted by Gasteiger charge is -2.42. The van der Waals surface area contributed by atoms with Gasteiger partial charge < -0.3 is 19.7 Å². The van der Waals surface area contributed by atoms with Gasteiger partial charge in [-0.2, -0.15) is 0 Å². The van der Waals surface area contributed by atoms with Gasteiger partial charge in [0.05, 0.1) is 13.2 Å². The van der Waals surface area contributed by atoms with E-state index in [0.29, 0.717) is 19.6 Å². The van der Waals surface area contributed by atoms with Crippen molar-refractivity contribution in [2.45, 2.75) is 31.9 Å². The van der Waals surface area contributed by atoms with Gasteiger partial charge in [-0.25, -0.2) is 0 Å². The van der Waals surface area contributed by atoms with E-state index in [2.05, 4.69) is 29.6 Å². The van der Waals surface area contributed by atoms with Crippen LogP contribution in [-0.2, 0) is 25.5 Å². The van der Waals surface area contributed by atoms with Crippen LogP contribution in [0, 0.1) is 0 Å². The average molecular weight is 411 g/mol. The van der Waals surface area contributed by atoms with Crippen LogP contribution in [0.4, 0.5) is 0 Å². The predicted molar refractivity (Wildman–Crippen MR) is 116 cm³/mol. The Kier molecular flexibility index (Phi) is 7.24. The van der Waals surface area contributed by atoms with E-state index in [1.54, 1.807) is 4.90 Å². The van der Waals surface area contributed by atoms with Gasteiger partial charge >= 0.3 is 0 Å². The second-order valence-corrected chi connectivity index (χ2v) is 7.96. The van der Waals surface area contributed by atoms with Gasteiger partial charge in [0.1, 0.15) is 6.61 Å². The molecule has 0 bridgehead atoms. The van der Waals surface area contributed by atoms with Crippen molar-refractivity contribution in [3.63, 3.8) is 0 Å². The molecule has 1 aliphatic rings. The van der Waals surface area contributed by atoms with Crippen LogP contribution in [-0.4, -0.2) is 61.8 Å². The highest BCUT2D eigenvalue weighted by Crippen LogP contribution is 2.27. The second kappa shape index (κ2) is 9.87. The van der Waals surface area contributed by atoms with Gasteiger partial charge in [0, 0.05) is 26.1 Å². The van der Waals surface area contributed by atoms with E-state index >= 15 is 0 Å². The van der Waals surface area contributed by atoms with Crippen molar-refractivity contribution >= 4 is 11.8 Å². The van der Waals surface area contributed by atoms with Gasteiger partial charge in [0.25, 0.3) is 5.91 Å². The van der Waals surface area contributed by atoms with Crippen LogP contribution in [0.5, 0.6) is 0 Å². The highest BCUT2D eigenvalue weighted by Gasteiger charge is 2.45. The zero-order valence-corrected chi connectivity index (χ0v) is 17.9. The lowest BCUT2D eigenvalue weighted by Crippen LogP contribution is -2.63. The monoisotopic (exact) mass is 410 g/mol. The highest BCUT2D eigenvalue weighted by molar-refractivity contribution is 5.87. The minimum Gasteiger partial charge on any atom is -0.375 e. The Labute approximate surface area is 178 Å². The maximum absolute atomic E-state index is 13.2. The first-order valence-electron chi connectivity index (χ1n) is 10.3. The summed E-state index contributed by atoms with van der Waals surface area (Å²) in [5.41, 5.74) is 2.04. The summed E-state index contributed by atoms with van der Waals surface area (Å²) in [7, 11) is 1.49. The normalized spacial score (nSPS) is 19.0. The molecule has 2 aromatic carbocycles. The molecule has 1 atom stereocenters. The van der Waals surface area contributed by atoms with Crippen LogP contribution in [0.1, 0.15) is 19.4 Å². The Morgan fingerprint density at radius 1 is 1.13 bits per heavy atom. The van der Waals surface area contributed by atoms with E-state index in [1.165, 1.54) is 7.11 Å². The highest BCUT2D eigenvalue weighted by atomic mass is 16.5. The first kappa shape index (κ1) is 22.0. The largest absolute Gasteiger partial charge is 0.375 e. The van der Waals surface area contributed by atoms with Crippen molar-refractivity contribution in [2.75, 3.05) is 33.4 Å². The van der Waals surface area contributed by atoms with E-state index in [9.17, 15) is 9.59 Å². The minimum atomic E-state index is -1.14. The van der Waals surface area contributed by atoms with Crippen molar-refractivity contribution in [1.29, 1.82) is 0 Å². The van der Waals surface area contributed by atoms with E-state index < -0.39 is 5.60 Å². The third-order valence-electron chi connectivity index (χ3n) is 5.16. The molecule has 2 amide bonds. The van der Waals surface area contributed by atoms with Crippen LogP contribution in [0.2, 0.25) is 0 Å². The molecule has 0 aliphatic carbocycles. The Bertz CT molecular complexity index is 869. The zero-order chi connectivity index (χ0) is 21.6. The lowest BCUT2D eigenvalue weighted by atomic mass is 9.89. The summed E-state index contributed by atoms with van der Waals surface area (Å²) in [6, 6.07) is 18.2. The number of rotatable bonds is 7. The Morgan fingerprint density at radius 2 is 1.87 bits per heavy atom. The van der Waals surface area contributed by atoms with Crippen LogP contribution in [0.15, 0.2) is 54.6 Å². The minimum absolute atomic E-state index is 0.00856. The maximum atomic E-state index is 13.2. The van der Waals surface area contributed by atoms with Crippen LogP contribution in [0.25, 0.3) is 11.1 Å². The second-order valence-electron chi connectivity index (χ2n) is 7.96. The number of nitrogens with zero attached hydrogens (tertiary/aromatic N) is 1. The van der Waals surface area contributed by atoms with Crippen LogP contribution in [0.3, 0.4) is 0 Å². The van der Waals surface area contributed by atoms with Gasteiger partial charge in [-0.05, 0) is 30.5 Å². The molecule has 1 aliphatic heterocycles. The summed E-state index contributed by atoms with van der Waals surface area (Å²) in [5.74, 6) is -0.335. The lowest BCUT2D eigenvalue weighted by molar-refractivity contribution is -0.167. The fourth-order valence-corrected chi connectivity index (χ4v) is 3.75. The van der Waals surface area contributed by atoms with Crippen molar-refractivity contribution in [3.8, 4) is 11.1 Å². The van der Waals surface area contributed by atoms with Crippen LogP contribution >= 0.6 is 0 Å². The molecule has 1 unspecified atom stereocenters. The molecule has 2 aromatic rings. The summed E-state index contributed by atoms with van der Waals surface area (Å²) < 4.78 is 11.1. The van der Waals surface area contributed by atoms with Crippen molar-refractivity contribution < 1.29 is 19.1 Å². The standard InChI is InChI=1S/C24H30N2O4/c1-18(2)25-23(28)24(17-26(12-13-30-24)22(27)16-29-3)15-19-8-7-11-21(14-19)20-9-5-4-6-10-20/h4-11,14,18H,12-13,15-17H2,1-3H3,(H,25,28). The molecule has 1 fully saturated rings. The zero-order valence-electron chi connectivity index (χ0n) is 17.9. The molecular formula is C24H30N2O4. The summed E-state index contributed by atoms with van der Waals surface area (Å²) in [6.07, 6.45) is 0.378. The van der Waals surface area contributed by atoms with Gasteiger partial charge in [0.2, 0.25) is 5.91 Å². The van der Waals surface area contributed by atoms with Gasteiger partial charge in [-0.1, -0.05) is 54.6 Å². The number of morpholine rings is 1. The number of nitrogens with one attached hydrogen (secondary N) is 1. The quantitative estimate of drug-likeness (QED) is 0.762. The number of hydrogen-bond acceptors (Lipinski definition) is 4. The predicted octanol–water partition coefficient (Wildman–Crippen LogP) is 2.66. The molecule has 6 nitrogen and oxygen atoms in total. The molecule has 6 heteroatoms. The van der Waals surface area contributed by atoms with Crippen LogP contribution < -0.4 is 5.32 Å². The molecule has 1 N–H and O–H groups in total. The molecule has 3 rings (SSSR count). The summed E-state index contributed by atoms with van der Waals surface area (Å²) in [4.78, 5) is 27.3. The van der Waals surface area contributed by atoms with E-state index in [1.807, 2.05) is 44.2 Å². The number of benzene rings is 2. The number of methoxy groups -OCH3 is 1. The first-order valence-corrected chi connectivity index (χ1v) is 10.3. The fraction of sp³-hybridized carbons (Fsp3) is 0.417. The molecular weight excluding hydrogens is 380 g/mol. The molecule has 0 saturated carbocycles. The Balaban J connectivity index is 1.90. The number of carbonyl (C=O) groups is 2. The van der Waals surface area contributed by atoms with Crippen molar-refractivity contribution in [3.05, 3.63) is 60.2 Å². The molecule has 0 spiro atoms. The number of hydrogen-bond donors (Lipinski definition) is 1. The van der Waals surface area contributed by atoms with E-state index in [0.717, 1.165) is 16.7 Å². The molecule has 160 valence electrons. The number of ether oxygens (including phenoxy) is 2. The first-order chi connectivity index (χ1) is 14.4. The topological polar surface area (TPSA) is 67.9 Å². The number of amides is 2. The molecule has 30 heavy (non-hydrogen) atoms. The van der Waals surface area contributed by atoms with E-state index in [4.69, 9.17) is 9.47 Å². The molecule has 1 saturated heterocycles. The van der Waals surface area contributed by atoms with Crippen molar-refractivity contribution in [1.82, 2.24) is 10.2 Å². The molecule has 1 heterocycles. The molecule has 0 radical (unpaired) electrons. The Morgan fingerprint density at radius 3 is 2.57 bits per heavy atom. The summed E-state index contributed by atoms with van der Waals surface area (Å²) >= 11 is 0. The summed E-state index contributed by atoms with van der Waals surface area (Å²) in [5, 5.41) is 2.98. The number of carbonyl (C=O) groups excluding carboxylic acids is 2. The Hall–Kier alpha value is -2.70. The van der Waals surface area contributed by atoms with Gasteiger partial charge in [0.15, 0.2) is 5.60 Å². The third-order valence-corrected chi connectivity index (χ3v) is 5.16. The SMILES string of the molecule is COCC(=O)N1CCOC(Cc2cccc(-c3ccccc3)c2)(C(=O)NC(C)C)C1. The fourth-order valence-electron chi connectivity index (χ4n) is 3.75. The summed E-state index contributed by atoms with van der Waals surface area (Å²) in [6.45, 7) is 4.77. The third kappa shape index (κ3) is 5.26.